The van der Waals surface area contributed by atoms with E-state index < -0.39 is 15.9 Å². The molecule has 0 radical (unpaired) electrons. The summed E-state index contributed by atoms with van der Waals surface area (Å²) in [7, 11) is -3.54. The Kier molecular flexibility index (Phi) is 5.85. The number of carbonyl (C=O) groups is 1. The maximum Gasteiger partial charge on any atom is 0.322 e. The molecule has 1 saturated heterocycles. The fraction of sp³-hybridized carbons (Fsp3) is 0.250. The van der Waals surface area contributed by atoms with E-state index >= 15 is 0 Å². The monoisotopic (exact) mass is 446 g/mol. The van der Waals surface area contributed by atoms with Crippen molar-refractivity contribution in [2.75, 3.05) is 18.4 Å². The number of aromatic nitrogens is 2. The second kappa shape index (κ2) is 8.55. The predicted molar refractivity (Wildman–Crippen MR) is 112 cm³/mol. The molecule has 1 amide bonds. The number of hydrogen-bond donors (Lipinski definition) is 1. The summed E-state index contributed by atoms with van der Waals surface area (Å²) in [6.07, 6.45) is 2.77. The van der Waals surface area contributed by atoms with E-state index in [0.29, 0.717) is 23.7 Å². The molecule has 0 saturated carbocycles. The van der Waals surface area contributed by atoms with Gasteiger partial charge in [0.05, 0.1) is 4.90 Å². The summed E-state index contributed by atoms with van der Waals surface area (Å²) < 4.78 is 32.4. The minimum absolute atomic E-state index is 0.0695. The normalized spacial score (nSPS) is 15.1. The smallest absolute Gasteiger partial charge is 0.322 e. The number of sulfonamides is 1. The van der Waals surface area contributed by atoms with Crippen LogP contribution in [0, 0.1) is 0 Å². The fourth-order valence-corrected chi connectivity index (χ4v) is 4.92. The maximum absolute atomic E-state index is 12.7. The van der Waals surface area contributed by atoms with Crippen LogP contribution < -0.4 is 5.32 Å². The lowest BCUT2D eigenvalue weighted by molar-refractivity contribution is 0.102. The molecule has 0 spiro atoms. The molecule has 1 fully saturated rings. The van der Waals surface area contributed by atoms with Crippen molar-refractivity contribution in [2.45, 2.75) is 24.2 Å². The zero-order chi connectivity index (χ0) is 21.1. The lowest BCUT2D eigenvalue weighted by Crippen LogP contribution is -2.35. The number of halogens is 1. The van der Waals surface area contributed by atoms with E-state index in [-0.39, 0.29) is 22.4 Å². The van der Waals surface area contributed by atoms with Crippen LogP contribution in [-0.4, -0.2) is 41.9 Å². The van der Waals surface area contributed by atoms with Crippen LogP contribution in [0.3, 0.4) is 0 Å². The van der Waals surface area contributed by atoms with Gasteiger partial charge < -0.3 is 4.42 Å². The summed E-state index contributed by atoms with van der Waals surface area (Å²) in [5, 5.41) is 10.7. The summed E-state index contributed by atoms with van der Waals surface area (Å²) >= 11 is 5.95. The number of nitrogens with zero attached hydrogens (tertiary/aromatic N) is 3. The van der Waals surface area contributed by atoms with E-state index in [9.17, 15) is 13.2 Å². The molecule has 1 aliphatic rings. The SMILES string of the molecule is O=C(Nc1nnc(-c2cccc(Cl)c2)o1)c1ccc(S(=O)(=O)N2CCCCC2)cc1. The molecule has 2 aromatic carbocycles. The zero-order valence-electron chi connectivity index (χ0n) is 15.9. The summed E-state index contributed by atoms with van der Waals surface area (Å²) in [6, 6.07) is 12.6. The van der Waals surface area contributed by atoms with Crippen LogP contribution in [0.2, 0.25) is 5.02 Å². The largest absolute Gasteiger partial charge is 0.403 e. The highest BCUT2D eigenvalue weighted by Gasteiger charge is 2.26. The lowest BCUT2D eigenvalue weighted by Gasteiger charge is -2.25. The van der Waals surface area contributed by atoms with Gasteiger partial charge in [-0.05, 0) is 55.3 Å². The van der Waals surface area contributed by atoms with Crippen molar-refractivity contribution in [1.29, 1.82) is 0 Å². The van der Waals surface area contributed by atoms with Gasteiger partial charge in [0.1, 0.15) is 0 Å². The number of nitrogens with one attached hydrogen (secondary N) is 1. The average Bonchev–Trinajstić information content (AvgIpc) is 3.23. The van der Waals surface area contributed by atoms with Crippen LogP contribution in [0.1, 0.15) is 29.6 Å². The average molecular weight is 447 g/mol. The molecule has 0 aliphatic carbocycles. The molecule has 30 heavy (non-hydrogen) atoms. The van der Waals surface area contributed by atoms with Gasteiger partial charge in [0.15, 0.2) is 0 Å². The first-order chi connectivity index (χ1) is 14.4. The van der Waals surface area contributed by atoms with Crippen LogP contribution in [0.5, 0.6) is 0 Å². The Hall–Kier alpha value is -2.75. The molecule has 1 aromatic heterocycles. The van der Waals surface area contributed by atoms with Crippen LogP contribution >= 0.6 is 11.6 Å². The molecule has 156 valence electrons. The Morgan fingerprint density at radius 3 is 2.47 bits per heavy atom. The number of anilines is 1. The van der Waals surface area contributed by atoms with Crippen LogP contribution in [0.25, 0.3) is 11.5 Å². The zero-order valence-corrected chi connectivity index (χ0v) is 17.5. The molecule has 0 unspecified atom stereocenters. The Balaban J connectivity index is 1.45. The van der Waals surface area contributed by atoms with E-state index in [1.54, 1.807) is 24.3 Å². The second-order valence-electron chi connectivity index (χ2n) is 6.87. The molecule has 1 aliphatic heterocycles. The molecule has 2 heterocycles. The van der Waals surface area contributed by atoms with Gasteiger partial charge >= 0.3 is 6.01 Å². The van der Waals surface area contributed by atoms with E-state index in [1.165, 1.54) is 28.6 Å². The van der Waals surface area contributed by atoms with Crippen molar-refractivity contribution in [3.63, 3.8) is 0 Å². The summed E-state index contributed by atoms with van der Waals surface area (Å²) in [5.41, 5.74) is 0.901. The van der Waals surface area contributed by atoms with Crippen LogP contribution in [0.15, 0.2) is 57.8 Å². The van der Waals surface area contributed by atoms with Gasteiger partial charge in [-0.15, -0.1) is 5.10 Å². The number of benzene rings is 2. The molecule has 1 N–H and O–H groups in total. The molecule has 0 bridgehead atoms. The molecule has 10 heteroatoms. The molecular weight excluding hydrogens is 428 g/mol. The Labute approximate surface area is 178 Å². The fourth-order valence-electron chi connectivity index (χ4n) is 3.21. The first-order valence-corrected chi connectivity index (χ1v) is 11.3. The van der Waals surface area contributed by atoms with Gasteiger partial charge in [0.25, 0.3) is 5.91 Å². The maximum atomic E-state index is 12.7. The van der Waals surface area contributed by atoms with E-state index in [2.05, 4.69) is 15.5 Å². The number of hydrogen-bond acceptors (Lipinski definition) is 6. The van der Waals surface area contributed by atoms with Gasteiger partial charge in [0.2, 0.25) is 15.9 Å². The lowest BCUT2D eigenvalue weighted by atomic mass is 10.2. The van der Waals surface area contributed by atoms with E-state index in [0.717, 1.165) is 19.3 Å². The predicted octanol–water partition coefficient (Wildman–Crippen LogP) is 3.82. The quantitative estimate of drug-likeness (QED) is 0.638. The molecule has 4 rings (SSSR count). The second-order valence-corrected chi connectivity index (χ2v) is 9.24. The highest BCUT2D eigenvalue weighted by molar-refractivity contribution is 7.89. The first-order valence-electron chi connectivity index (χ1n) is 9.44. The van der Waals surface area contributed by atoms with Gasteiger partial charge in [-0.1, -0.05) is 29.2 Å². The van der Waals surface area contributed by atoms with E-state index in [1.807, 2.05) is 0 Å². The molecule has 0 atom stereocenters. The summed E-state index contributed by atoms with van der Waals surface area (Å²) in [5.74, 6) is -0.269. The third-order valence-electron chi connectivity index (χ3n) is 4.79. The van der Waals surface area contributed by atoms with Crippen molar-refractivity contribution in [2.24, 2.45) is 0 Å². The van der Waals surface area contributed by atoms with Gasteiger partial charge in [0, 0.05) is 29.2 Å². The number of carbonyl (C=O) groups excluding carboxylic acids is 1. The Morgan fingerprint density at radius 1 is 1.03 bits per heavy atom. The van der Waals surface area contributed by atoms with Crippen molar-refractivity contribution >= 4 is 33.5 Å². The minimum Gasteiger partial charge on any atom is -0.403 e. The van der Waals surface area contributed by atoms with Crippen molar-refractivity contribution in [3.05, 3.63) is 59.1 Å². The number of amides is 1. The van der Waals surface area contributed by atoms with Crippen LogP contribution in [-0.2, 0) is 10.0 Å². The molecule has 3 aromatic rings. The minimum atomic E-state index is -3.54. The third kappa shape index (κ3) is 4.38. The number of piperidine rings is 1. The molecular formula is C20H19ClN4O4S. The Morgan fingerprint density at radius 2 is 1.77 bits per heavy atom. The van der Waals surface area contributed by atoms with Crippen molar-refractivity contribution in [1.82, 2.24) is 14.5 Å². The Bertz CT molecular complexity index is 1160. The molecule has 8 nitrogen and oxygen atoms in total. The highest BCUT2D eigenvalue weighted by Crippen LogP contribution is 2.24. The topological polar surface area (TPSA) is 105 Å². The van der Waals surface area contributed by atoms with Gasteiger partial charge in [-0.25, -0.2) is 8.42 Å². The van der Waals surface area contributed by atoms with Crippen LogP contribution in [0.4, 0.5) is 6.01 Å². The first kappa shape index (κ1) is 20.5. The van der Waals surface area contributed by atoms with Gasteiger partial charge in [-0.2, -0.15) is 4.31 Å². The summed E-state index contributed by atoms with van der Waals surface area (Å²) in [6.45, 7) is 1.05. The highest BCUT2D eigenvalue weighted by atomic mass is 35.5. The van der Waals surface area contributed by atoms with Gasteiger partial charge in [-0.3, -0.25) is 10.1 Å². The summed E-state index contributed by atoms with van der Waals surface area (Å²) in [4.78, 5) is 12.6. The van der Waals surface area contributed by atoms with Crippen molar-refractivity contribution in [3.8, 4) is 11.5 Å². The van der Waals surface area contributed by atoms with E-state index in [4.69, 9.17) is 16.0 Å². The third-order valence-corrected chi connectivity index (χ3v) is 6.93. The number of rotatable bonds is 5. The standard InChI is InChI=1S/C20H19ClN4O4S/c21-16-6-4-5-15(13-16)19-23-24-20(29-19)22-18(26)14-7-9-17(10-8-14)30(27,28)25-11-2-1-3-12-25/h4-10,13H,1-3,11-12H2,(H,22,24,26). The van der Waals surface area contributed by atoms with Crippen molar-refractivity contribution < 1.29 is 17.6 Å².